The van der Waals surface area contributed by atoms with Crippen LogP contribution in [0.4, 0.5) is 0 Å². The Kier molecular flexibility index (Phi) is 7.27. The number of hydrogen-bond acceptors (Lipinski definition) is 1. The van der Waals surface area contributed by atoms with Crippen molar-refractivity contribution in [3.8, 4) is 0 Å². The van der Waals surface area contributed by atoms with Crippen molar-refractivity contribution in [1.82, 2.24) is 0 Å². The molecule has 0 saturated heterocycles. The van der Waals surface area contributed by atoms with E-state index in [2.05, 4.69) is 26.0 Å². The van der Waals surface area contributed by atoms with E-state index in [0.29, 0.717) is 6.54 Å². The monoisotopic (exact) mass is 235 g/mol. The fraction of sp³-hybridized carbons (Fsp3) is 0.750. The molecule has 98 valence electrons. The fourth-order valence-electron chi connectivity index (χ4n) is 2.78. The Balaban J connectivity index is 2.21. The van der Waals surface area contributed by atoms with E-state index < -0.39 is 0 Å². The number of hydrogen-bond donors (Lipinski definition) is 1. The normalized spacial score (nSPS) is 19.7. The third-order valence-corrected chi connectivity index (χ3v) is 3.83. The molecule has 0 spiro atoms. The second-order valence-electron chi connectivity index (χ2n) is 5.58. The maximum atomic E-state index is 5.49. The van der Waals surface area contributed by atoms with Gasteiger partial charge in [0.1, 0.15) is 0 Å². The molecule has 1 aliphatic carbocycles. The first kappa shape index (κ1) is 14.5. The van der Waals surface area contributed by atoms with Crippen LogP contribution >= 0.6 is 0 Å². The molecule has 1 nitrogen and oxygen atoms in total. The van der Waals surface area contributed by atoms with Gasteiger partial charge in [-0.2, -0.15) is 0 Å². The van der Waals surface area contributed by atoms with Gasteiger partial charge in [-0.05, 0) is 39.0 Å². The van der Waals surface area contributed by atoms with E-state index in [1.807, 2.05) is 0 Å². The largest absolute Gasteiger partial charge is 0.327 e. The number of rotatable bonds is 6. The van der Waals surface area contributed by atoms with Crippen LogP contribution in [-0.2, 0) is 0 Å². The van der Waals surface area contributed by atoms with E-state index in [4.69, 9.17) is 5.73 Å². The topological polar surface area (TPSA) is 26.0 Å². The molecule has 0 aromatic heterocycles. The smallest absolute Gasteiger partial charge is 0.0109 e. The summed E-state index contributed by atoms with van der Waals surface area (Å²) >= 11 is 0. The molecule has 1 rings (SSSR count). The second kappa shape index (κ2) is 8.52. The molecular formula is C16H29N. The van der Waals surface area contributed by atoms with E-state index in [0.717, 1.165) is 5.92 Å². The molecule has 0 aromatic carbocycles. The summed E-state index contributed by atoms with van der Waals surface area (Å²) in [4.78, 5) is 0. The molecule has 0 amide bonds. The van der Waals surface area contributed by atoms with Gasteiger partial charge < -0.3 is 5.73 Å². The molecule has 2 N–H and O–H groups in total. The van der Waals surface area contributed by atoms with Gasteiger partial charge in [0, 0.05) is 6.54 Å². The Morgan fingerprint density at radius 2 is 1.76 bits per heavy atom. The van der Waals surface area contributed by atoms with Crippen molar-refractivity contribution in [1.29, 1.82) is 0 Å². The third kappa shape index (κ3) is 6.68. The van der Waals surface area contributed by atoms with E-state index in [1.165, 1.54) is 56.9 Å². The highest BCUT2D eigenvalue weighted by Gasteiger charge is 2.13. The summed E-state index contributed by atoms with van der Waals surface area (Å²) in [5, 5.41) is 0. The maximum absolute atomic E-state index is 5.49. The predicted octanol–water partition coefficient (Wildman–Crippen LogP) is 4.59. The van der Waals surface area contributed by atoms with Crippen LogP contribution in [0.15, 0.2) is 23.3 Å². The maximum Gasteiger partial charge on any atom is 0.0109 e. The first-order valence-electron chi connectivity index (χ1n) is 7.23. The second-order valence-corrected chi connectivity index (χ2v) is 5.58. The summed E-state index contributed by atoms with van der Waals surface area (Å²) in [6.45, 7) is 5.16. The molecule has 0 aliphatic heterocycles. The number of allylic oxidation sites excluding steroid dienone is 3. The highest BCUT2D eigenvalue weighted by atomic mass is 14.5. The van der Waals surface area contributed by atoms with Crippen molar-refractivity contribution in [2.75, 3.05) is 6.54 Å². The van der Waals surface area contributed by atoms with Crippen LogP contribution in [0, 0.1) is 5.92 Å². The summed E-state index contributed by atoms with van der Waals surface area (Å²) in [5.41, 5.74) is 8.51. The predicted molar refractivity (Wildman–Crippen MR) is 77.0 cm³/mol. The van der Waals surface area contributed by atoms with Crippen molar-refractivity contribution < 1.29 is 0 Å². The molecule has 17 heavy (non-hydrogen) atoms. The van der Waals surface area contributed by atoms with E-state index in [-0.39, 0.29) is 0 Å². The van der Waals surface area contributed by atoms with Crippen LogP contribution in [0.2, 0.25) is 0 Å². The SMILES string of the molecule is CC(=CCN)CCC=C(C)CC1CCCCC1. The number of nitrogens with two attached hydrogens (primary N) is 1. The quantitative estimate of drug-likeness (QED) is 0.670. The van der Waals surface area contributed by atoms with Gasteiger partial charge in [-0.25, -0.2) is 0 Å². The highest BCUT2D eigenvalue weighted by molar-refractivity contribution is 5.04. The Bertz CT molecular complexity index is 257. The highest BCUT2D eigenvalue weighted by Crippen LogP contribution is 2.28. The van der Waals surface area contributed by atoms with Crippen LogP contribution in [0.3, 0.4) is 0 Å². The van der Waals surface area contributed by atoms with Crippen molar-refractivity contribution >= 4 is 0 Å². The van der Waals surface area contributed by atoms with Crippen LogP contribution in [0.1, 0.15) is 65.2 Å². The molecule has 1 saturated carbocycles. The Morgan fingerprint density at radius 1 is 1.06 bits per heavy atom. The van der Waals surface area contributed by atoms with Gasteiger partial charge in [0.05, 0.1) is 0 Å². The molecular weight excluding hydrogens is 206 g/mol. The van der Waals surface area contributed by atoms with Gasteiger partial charge in [-0.1, -0.05) is 55.4 Å². The van der Waals surface area contributed by atoms with Crippen LogP contribution in [0.25, 0.3) is 0 Å². The minimum absolute atomic E-state index is 0.677. The lowest BCUT2D eigenvalue weighted by atomic mass is 9.85. The zero-order valence-corrected chi connectivity index (χ0v) is 11.7. The standard InChI is InChI=1S/C16H29N/c1-14(11-12-17)7-6-8-15(2)13-16-9-4-3-5-10-16/h8,11,16H,3-7,9-10,12-13,17H2,1-2H3. The lowest BCUT2D eigenvalue weighted by molar-refractivity contribution is 0.356. The van der Waals surface area contributed by atoms with E-state index in [9.17, 15) is 0 Å². The lowest BCUT2D eigenvalue weighted by Crippen LogP contribution is -2.06. The average molecular weight is 235 g/mol. The fourth-order valence-corrected chi connectivity index (χ4v) is 2.78. The van der Waals surface area contributed by atoms with Crippen molar-refractivity contribution in [3.05, 3.63) is 23.3 Å². The Morgan fingerprint density at radius 3 is 2.41 bits per heavy atom. The van der Waals surface area contributed by atoms with Gasteiger partial charge in [-0.3, -0.25) is 0 Å². The Labute approximate surface area is 107 Å². The zero-order chi connectivity index (χ0) is 12.5. The molecule has 1 fully saturated rings. The molecule has 0 atom stereocenters. The van der Waals surface area contributed by atoms with Crippen LogP contribution < -0.4 is 5.73 Å². The van der Waals surface area contributed by atoms with E-state index in [1.54, 1.807) is 5.57 Å². The average Bonchev–Trinajstić information content (AvgIpc) is 2.30. The first-order chi connectivity index (χ1) is 8.22. The molecule has 0 bridgehead atoms. The molecule has 0 unspecified atom stereocenters. The zero-order valence-electron chi connectivity index (χ0n) is 11.7. The van der Waals surface area contributed by atoms with Crippen molar-refractivity contribution in [2.45, 2.75) is 65.2 Å². The molecule has 0 aromatic rings. The summed E-state index contributed by atoms with van der Waals surface area (Å²) < 4.78 is 0. The van der Waals surface area contributed by atoms with Gasteiger partial charge >= 0.3 is 0 Å². The first-order valence-corrected chi connectivity index (χ1v) is 7.23. The molecule has 0 radical (unpaired) electrons. The van der Waals surface area contributed by atoms with Gasteiger partial charge in [0.15, 0.2) is 0 Å². The van der Waals surface area contributed by atoms with Gasteiger partial charge in [-0.15, -0.1) is 0 Å². The van der Waals surface area contributed by atoms with Crippen LogP contribution in [-0.4, -0.2) is 6.54 Å². The molecule has 1 aliphatic rings. The lowest BCUT2D eigenvalue weighted by Gasteiger charge is -2.21. The minimum Gasteiger partial charge on any atom is -0.327 e. The minimum atomic E-state index is 0.677. The molecule has 1 heteroatoms. The van der Waals surface area contributed by atoms with Crippen LogP contribution in [0.5, 0.6) is 0 Å². The van der Waals surface area contributed by atoms with Crippen molar-refractivity contribution in [3.63, 3.8) is 0 Å². The van der Waals surface area contributed by atoms with Crippen molar-refractivity contribution in [2.24, 2.45) is 11.7 Å². The third-order valence-electron chi connectivity index (χ3n) is 3.83. The summed E-state index contributed by atoms with van der Waals surface area (Å²) in [7, 11) is 0. The summed E-state index contributed by atoms with van der Waals surface area (Å²) in [6, 6.07) is 0. The summed E-state index contributed by atoms with van der Waals surface area (Å²) in [6.07, 6.45) is 15.5. The van der Waals surface area contributed by atoms with E-state index >= 15 is 0 Å². The summed E-state index contributed by atoms with van der Waals surface area (Å²) in [5.74, 6) is 0.973. The molecule has 0 heterocycles. The van der Waals surface area contributed by atoms with Gasteiger partial charge in [0.25, 0.3) is 0 Å². The van der Waals surface area contributed by atoms with Gasteiger partial charge in [0.2, 0.25) is 0 Å². The Hall–Kier alpha value is -0.560.